The average molecular weight is 633 g/mol. The number of ether oxygens (including phenoxy) is 3. The predicted molar refractivity (Wildman–Crippen MR) is 160 cm³/mol. The molecular formula is C29H27Cl2N3O7S. The van der Waals surface area contributed by atoms with Crippen LogP contribution in [0.4, 0.5) is 5.00 Å². The van der Waals surface area contributed by atoms with Gasteiger partial charge in [0, 0.05) is 9.90 Å². The van der Waals surface area contributed by atoms with Gasteiger partial charge in [0.05, 0.1) is 36.1 Å². The lowest BCUT2D eigenvalue weighted by atomic mass is 9.88. The van der Waals surface area contributed by atoms with E-state index in [2.05, 4.69) is 22.8 Å². The number of hydrazone groups is 1. The van der Waals surface area contributed by atoms with Gasteiger partial charge in [-0.1, -0.05) is 30.1 Å². The third-order valence-electron chi connectivity index (χ3n) is 6.35. The molecule has 1 atom stereocenters. The molecule has 0 saturated carbocycles. The molecule has 42 heavy (non-hydrogen) atoms. The van der Waals surface area contributed by atoms with E-state index in [0.717, 1.165) is 23.3 Å². The molecule has 10 nitrogen and oxygen atoms in total. The number of halogens is 2. The summed E-state index contributed by atoms with van der Waals surface area (Å²) in [5.41, 5.74) is 3.94. The largest absolute Gasteiger partial charge is 0.493 e. The highest BCUT2D eigenvalue weighted by Gasteiger charge is 2.30. The van der Waals surface area contributed by atoms with Gasteiger partial charge < -0.3 is 19.5 Å². The molecule has 220 valence electrons. The van der Waals surface area contributed by atoms with Crippen LogP contribution in [0, 0.1) is 5.92 Å². The number of amides is 2. The lowest BCUT2D eigenvalue weighted by molar-refractivity contribution is -0.136. The fraction of sp³-hybridized carbons (Fsp3) is 0.276. The Balaban J connectivity index is 1.41. The van der Waals surface area contributed by atoms with Gasteiger partial charge in [-0.3, -0.25) is 9.59 Å². The maximum Gasteiger partial charge on any atom is 0.345 e. The van der Waals surface area contributed by atoms with Crippen molar-refractivity contribution in [2.45, 2.75) is 33.1 Å². The highest BCUT2D eigenvalue weighted by Crippen LogP contribution is 2.40. The maximum absolute atomic E-state index is 12.7. The van der Waals surface area contributed by atoms with E-state index in [1.807, 2.05) is 0 Å². The van der Waals surface area contributed by atoms with Gasteiger partial charge >= 0.3 is 23.8 Å². The van der Waals surface area contributed by atoms with Crippen LogP contribution in [-0.2, 0) is 27.2 Å². The van der Waals surface area contributed by atoms with Crippen LogP contribution >= 0.6 is 34.5 Å². The lowest BCUT2D eigenvalue weighted by Gasteiger charge is -2.18. The summed E-state index contributed by atoms with van der Waals surface area (Å²) in [6.07, 6.45) is 3.69. The molecule has 2 amide bonds. The Morgan fingerprint density at radius 2 is 1.86 bits per heavy atom. The number of nitrogens with zero attached hydrogens (tertiary/aromatic N) is 1. The summed E-state index contributed by atoms with van der Waals surface area (Å²) in [6.45, 7) is 4.02. The highest BCUT2D eigenvalue weighted by atomic mass is 35.5. The molecule has 1 aromatic heterocycles. The molecule has 3 aromatic rings. The molecule has 2 aromatic carbocycles. The predicted octanol–water partition coefficient (Wildman–Crippen LogP) is 5.67. The second-order valence-electron chi connectivity index (χ2n) is 9.35. The van der Waals surface area contributed by atoms with Crippen LogP contribution < -0.4 is 20.2 Å². The standard InChI is InChI=1S/C29H27Cl2N3O7S/c1-4-40-29(38)24-19-8-5-15(2)11-23(19)42-27(24)33-25(35)26(36)34-32-14-16-6-10-21(22(12-16)39-3)41-28(37)18-9-7-17(30)13-20(18)31/h6-7,9-10,12-15H,4-5,8,11H2,1-3H3,(H,33,35)(H,34,36)/b32-14-/t15-/m0/s1. The third kappa shape index (κ3) is 7.28. The van der Waals surface area contributed by atoms with Crippen LogP contribution in [0.5, 0.6) is 11.5 Å². The van der Waals surface area contributed by atoms with E-state index in [0.29, 0.717) is 28.5 Å². The van der Waals surface area contributed by atoms with E-state index in [-0.39, 0.29) is 33.7 Å². The van der Waals surface area contributed by atoms with E-state index >= 15 is 0 Å². The van der Waals surface area contributed by atoms with E-state index in [9.17, 15) is 19.2 Å². The number of hydrogen-bond acceptors (Lipinski definition) is 9. The van der Waals surface area contributed by atoms with Crippen LogP contribution in [0.15, 0.2) is 41.5 Å². The van der Waals surface area contributed by atoms with Gasteiger partial charge in [0.25, 0.3) is 0 Å². The zero-order chi connectivity index (χ0) is 30.4. The minimum Gasteiger partial charge on any atom is -0.493 e. The summed E-state index contributed by atoms with van der Waals surface area (Å²) in [5.74, 6) is -2.46. The molecule has 0 aliphatic heterocycles. The Bertz CT molecular complexity index is 1570. The lowest BCUT2D eigenvalue weighted by Crippen LogP contribution is -2.32. The molecule has 1 aliphatic rings. The fourth-order valence-electron chi connectivity index (χ4n) is 4.29. The summed E-state index contributed by atoms with van der Waals surface area (Å²) in [7, 11) is 1.39. The first-order valence-electron chi connectivity index (χ1n) is 12.9. The zero-order valence-electron chi connectivity index (χ0n) is 22.9. The summed E-state index contributed by atoms with van der Waals surface area (Å²) in [4.78, 5) is 51.3. The van der Waals surface area contributed by atoms with E-state index in [1.165, 1.54) is 55.0 Å². The van der Waals surface area contributed by atoms with Crippen LogP contribution in [0.3, 0.4) is 0 Å². The number of benzene rings is 2. The molecule has 0 fully saturated rings. The van der Waals surface area contributed by atoms with Crippen LogP contribution in [0.25, 0.3) is 0 Å². The number of thiophene rings is 1. The number of fused-ring (bicyclic) bond motifs is 1. The van der Waals surface area contributed by atoms with Crippen LogP contribution in [0.2, 0.25) is 10.0 Å². The molecule has 0 saturated heterocycles. The van der Waals surface area contributed by atoms with Gasteiger partial charge in [0.2, 0.25) is 0 Å². The second kappa shape index (κ2) is 13.8. The molecule has 0 spiro atoms. The van der Waals surface area contributed by atoms with Crippen molar-refractivity contribution < 1.29 is 33.4 Å². The van der Waals surface area contributed by atoms with Crippen molar-refractivity contribution in [3.05, 3.63) is 73.6 Å². The Hall–Kier alpha value is -3.93. The van der Waals surface area contributed by atoms with Crippen molar-refractivity contribution in [3.8, 4) is 11.5 Å². The van der Waals surface area contributed by atoms with Crippen molar-refractivity contribution in [3.63, 3.8) is 0 Å². The SMILES string of the molecule is CCOC(=O)c1c(NC(=O)C(=O)N/N=C\c2ccc(OC(=O)c3ccc(Cl)cc3Cl)c(OC)c2)sc2c1CC[C@H](C)C2. The van der Waals surface area contributed by atoms with Crippen LogP contribution in [-0.4, -0.2) is 43.7 Å². The first kappa shape index (κ1) is 31.0. The zero-order valence-corrected chi connectivity index (χ0v) is 25.2. The average Bonchev–Trinajstić information content (AvgIpc) is 3.30. The van der Waals surface area contributed by atoms with Gasteiger partial charge in [-0.05, 0) is 79.6 Å². The van der Waals surface area contributed by atoms with Gasteiger partial charge in [-0.15, -0.1) is 11.3 Å². The first-order chi connectivity index (χ1) is 20.1. The van der Waals surface area contributed by atoms with Crippen molar-refractivity contribution in [1.82, 2.24) is 5.43 Å². The molecule has 2 N–H and O–H groups in total. The number of carbonyl (C=O) groups excluding carboxylic acids is 4. The number of carbonyl (C=O) groups is 4. The Morgan fingerprint density at radius 1 is 1.07 bits per heavy atom. The van der Waals surface area contributed by atoms with Crippen molar-refractivity contribution >= 4 is 69.5 Å². The molecular weight excluding hydrogens is 605 g/mol. The molecule has 13 heteroatoms. The monoisotopic (exact) mass is 631 g/mol. The summed E-state index contributed by atoms with van der Waals surface area (Å²) in [5, 5.41) is 7.18. The number of methoxy groups -OCH3 is 1. The van der Waals surface area contributed by atoms with Crippen molar-refractivity contribution in [1.29, 1.82) is 0 Å². The quantitative estimate of drug-likeness (QED) is 0.108. The summed E-state index contributed by atoms with van der Waals surface area (Å²) < 4.78 is 15.9. The molecule has 0 bridgehead atoms. The molecule has 0 radical (unpaired) electrons. The normalized spacial score (nSPS) is 14.2. The topological polar surface area (TPSA) is 132 Å². The first-order valence-corrected chi connectivity index (χ1v) is 14.5. The Labute approximate surface area is 255 Å². The molecule has 1 aliphatic carbocycles. The Kier molecular flexibility index (Phi) is 10.2. The molecule has 0 unspecified atom stereocenters. The maximum atomic E-state index is 12.7. The highest BCUT2D eigenvalue weighted by molar-refractivity contribution is 7.17. The van der Waals surface area contributed by atoms with E-state index in [4.69, 9.17) is 37.4 Å². The number of esters is 2. The third-order valence-corrected chi connectivity index (χ3v) is 8.06. The minimum absolute atomic E-state index is 0.125. The van der Waals surface area contributed by atoms with Crippen molar-refractivity contribution in [2.24, 2.45) is 11.0 Å². The fourth-order valence-corrected chi connectivity index (χ4v) is 6.17. The van der Waals surface area contributed by atoms with Gasteiger partial charge in [-0.2, -0.15) is 5.10 Å². The van der Waals surface area contributed by atoms with Gasteiger partial charge in [0.1, 0.15) is 5.00 Å². The van der Waals surface area contributed by atoms with Crippen molar-refractivity contribution in [2.75, 3.05) is 19.0 Å². The smallest absolute Gasteiger partial charge is 0.345 e. The van der Waals surface area contributed by atoms with E-state index < -0.39 is 23.8 Å². The summed E-state index contributed by atoms with van der Waals surface area (Å²) in [6, 6.07) is 8.95. The van der Waals surface area contributed by atoms with E-state index in [1.54, 1.807) is 13.0 Å². The second-order valence-corrected chi connectivity index (χ2v) is 11.3. The minimum atomic E-state index is -1.03. The molecule has 4 rings (SSSR count). The Morgan fingerprint density at radius 3 is 2.57 bits per heavy atom. The van der Waals surface area contributed by atoms with Gasteiger partial charge in [-0.25, -0.2) is 15.0 Å². The number of nitrogens with one attached hydrogen (secondary N) is 2. The molecule has 1 heterocycles. The number of anilines is 1. The van der Waals surface area contributed by atoms with Crippen LogP contribution in [0.1, 0.15) is 57.0 Å². The summed E-state index contributed by atoms with van der Waals surface area (Å²) >= 11 is 13.2. The van der Waals surface area contributed by atoms with Gasteiger partial charge in [0.15, 0.2) is 11.5 Å². The number of hydrogen-bond donors (Lipinski definition) is 2. The number of rotatable bonds is 8.